The number of hydrogen-bond acceptors (Lipinski definition) is 4. The molecule has 7 nitrogen and oxygen atoms in total. The molecule has 0 aliphatic rings. The number of thiophene rings is 1. The first-order valence-electron chi connectivity index (χ1n) is 7.12. The number of aromatic amines is 1. The van der Waals surface area contributed by atoms with Crippen LogP contribution >= 0.6 is 11.3 Å². The molecular weight excluding hydrogens is 328 g/mol. The lowest BCUT2D eigenvalue weighted by Crippen LogP contribution is -2.46. The van der Waals surface area contributed by atoms with Gasteiger partial charge in [0.1, 0.15) is 0 Å². The lowest BCUT2D eigenvalue weighted by Gasteiger charge is -2.07. The van der Waals surface area contributed by atoms with E-state index in [4.69, 9.17) is 0 Å². The maximum Gasteiger partial charge on any atom is 0.271 e. The first kappa shape index (κ1) is 15.8. The van der Waals surface area contributed by atoms with Gasteiger partial charge in [0, 0.05) is 17.1 Å². The quantitative estimate of drug-likeness (QED) is 0.539. The maximum absolute atomic E-state index is 12.1. The van der Waals surface area contributed by atoms with Gasteiger partial charge in [-0.25, -0.2) is 0 Å². The third-order valence-electron chi connectivity index (χ3n) is 3.30. The highest BCUT2D eigenvalue weighted by molar-refractivity contribution is 7.12. The van der Waals surface area contributed by atoms with Gasteiger partial charge >= 0.3 is 0 Å². The van der Waals surface area contributed by atoms with Crippen molar-refractivity contribution in [3.8, 4) is 0 Å². The minimum absolute atomic E-state index is 0.231. The average molecular weight is 342 g/mol. The normalized spacial score (nSPS) is 10.3. The van der Waals surface area contributed by atoms with E-state index in [1.54, 1.807) is 23.7 Å². The minimum atomic E-state index is -0.520. The van der Waals surface area contributed by atoms with Crippen LogP contribution in [-0.4, -0.2) is 29.3 Å². The topological polar surface area (TPSA) is 103 Å². The summed E-state index contributed by atoms with van der Waals surface area (Å²) >= 11 is 1.28. The van der Waals surface area contributed by atoms with Gasteiger partial charge in [-0.1, -0.05) is 24.3 Å². The highest BCUT2D eigenvalue weighted by Crippen LogP contribution is 2.17. The Morgan fingerprint density at radius 3 is 2.62 bits per heavy atom. The Kier molecular flexibility index (Phi) is 4.57. The molecule has 0 bridgehead atoms. The molecule has 3 aromatic rings. The first-order chi connectivity index (χ1) is 11.6. The number of hydrazine groups is 1. The molecular formula is C16H14N4O3S. The Bertz CT molecular complexity index is 886. The fourth-order valence-electron chi connectivity index (χ4n) is 2.15. The molecule has 2 aromatic heterocycles. The number of fused-ring (bicyclic) bond motifs is 1. The van der Waals surface area contributed by atoms with Crippen molar-refractivity contribution in [3.05, 3.63) is 58.4 Å². The molecule has 3 amide bonds. The van der Waals surface area contributed by atoms with E-state index in [1.165, 1.54) is 11.3 Å². The molecule has 0 atom stereocenters. The number of aromatic nitrogens is 1. The summed E-state index contributed by atoms with van der Waals surface area (Å²) < 4.78 is 0. The summed E-state index contributed by atoms with van der Waals surface area (Å²) in [6, 6.07) is 10.8. The van der Waals surface area contributed by atoms with Crippen LogP contribution in [0.3, 0.4) is 0 Å². The van der Waals surface area contributed by atoms with Crippen LogP contribution in [0.5, 0.6) is 0 Å². The maximum atomic E-state index is 12.1. The van der Waals surface area contributed by atoms with E-state index < -0.39 is 11.8 Å². The molecule has 0 saturated heterocycles. The Labute approximate surface area is 141 Å². The molecule has 0 radical (unpaired) electrons. The van der Waals surface area contributed by atoms with Crippen LogP contribution in [0.2, 0.25) is 0 Å². The van der Waals surface area contributed by atoms with Crippen molar-refractivity contribution in [2.45, 2.75) is 0 Å². The van der Waals surface area contributed by atoms with Crippen LogP contribution < -0.4 is 16.2 Å². The number of amides is 3. The molecule has 0 fully saturated rings. The lowest BCUT2D eigenvalue weighted by atomic mass is 10.2. The van der Waals surface area contributed by atoms with E-state index in [9.17, 15) is 14.4 Å². The average Bonchev–Trinajstić information content (AvgIpc) is 3.26. The second-order valence-corrected chi connectivity index (χ2v) is 5.86. The van der Waals surface area contributed by atoms with E-state index in [2.05, 4.69) is 21.2 Å². The number of H-pyrrole nitrogens is 1. The van der Waals surface area contributed by atoms with E-state index >= 15 is 0 Å². The van der Waals surface area contributed by atoms with Crippen LogP contribution in [0, 0.1) is 0 Å². The molecule has 8 heteroatoms. The summed E-state index contributed by atoms with van der Waals surface area (Å²) in [7, 11) is 0. The smallest absolute Gasteiger partial charge is 0.271 e. The van der Waals surface area contributed by atoms with Crippen LogP contribution in [0.4, 0.5) is 0 Å². The summed E-state index contributed by atoms with van der Waals surface area (Å²) in [5, 5.41) is 5.01. The third kappa shape index (κ3) is 3.44. The second kappa shape index (κ2) is 6.97. The van der Waals surface area contributed by atoms with Gasteiger partial charge < -0.3 is 10.3 Å². The standard InChI is InChI=1S/C16H14N4O3S/c21-14(9-18-16(23)13-6-3-7-24-13)19-20-15(22)11-8-17-12-5-2-1-4-10(11)12/h1-8,17H,9H2,(H,18,23)(H,19,21)(H,20,22). The van der Waals surface area contributed by atoms with Gasteiger partial charge in [-0.3, -0.25) is 25.2 Å². The molecule has 1 aromatic carbocycles. The van der Waals surface area contributed by atoms with E-state index in [0.717, 1.165) is 10.9 Å². The molecule has 0 unspecified atom stereocenters. The van der Waals surface area contributed by atoms with Gasteiger partial charge in [0.15, 0.2) is 0 Å². The molecule has 0 aliphatic carbocycles. The zero-order valence-corrected chi connectivity index (χ0v) is 13.3. The molecule has 24 heavy (non-hydrogen) atoms. The van der Waals surface area contributed by atoms with Crippen molar-refractivity contribution in [1.82, 2.24) is 21.2 Å². The zero-order valence-electron chi connectivity index (χ0n) is 12.5. The van der Waals surface area contributed by atoms with Gasteiger partial charge in [0.25, 0.3) is 17.7 Å². The summed E-state index contributed by atoms with van der Waals surface area (Å²) in [6.07, 6.45) is 1.57. The summed E-state index contributed by atoms with van der Waals surface area (Å²) in [4.78, 5) is 39.0. The van der Waals surface area contributed by atoms with Crippen LogP contribution in [-0.2, 0) is 4.79 Å². The molecule has 0 aliphatic heterocycles. The highest BCUT2D eigenvalue weighted by Gasteiger charge is 2.13. The van der Waals surface area contributed by atoms with Crippen molar-refractivity contribution >= 4 is 40.0 Å². The van der Waals surface area contributed by atoms with E-state index in [0.29, 0.717) is 10.4 Å². The fourth-order valence-corrected chi connectivity index (χ4v) is 2.79. The predicted molar refractivity (Wildman–Crippen MR) is 90.6 cm³/mol. The highest BCUT2D eigenvalue weighted by atomic mass is 32.1. The van der Waals surface area contributed by atoms with Crippen LogP contribution in [0.25, 0.3) is 10.9 Å². The van der Waals surface area contributed by atoms with Crippen molar-refractivity contribution in [2.24, 2.45) is 0 Å². The van der Waals surface area contributed by atoms with Gasteiger partial charge in [-0.2, -0.15) is 0 Å². The molecule has 3 rings (SSSR count). The van der Waals surface area contributed by atoms with Crippen molar-refractivity contribution < 1.29 is 14.4 Å². The number of hydrogen-bond donors (Lipinski definition) is 4. The Morgan fingerprint density at radius 1 is 1.00 bits per heavy atom. The number of para-hydroxylation sites is 1. The summed E-state index contributed by atoms with van der Waals surface area (Å²) in [5.74, 6) is -1.29. The second-order valence-electron chi connectivity index (χ2n) is 4.91. The molecule has 0 spiro atoms. The van der Waals surface area contributed by atoms with Gasteiger partial charge in [0.2, 0.25) is 0 Å². The predicted octanol–water partition coefficient (Wildman–Crippen LogP) is 1.42. The van der Waals surface area contributed by atoms with Crippen LogP contribution in [0.15, 0.2) is 48.0 Å². The van der Waals surface area contributed by atoms with E-state index in [1.807, 2.05) is 24.3 Å². The van der Waals surface area contributed by atoms with E-state index in [-0.39, 0.29) is 12.5 Å². The summed E-state index contributed by atoms with van der Waals surface area (Å²) in [6.45, 7) is -0.231. The number of nitrogens with one attached hydrogen (secondary N) is 4. The van der Waals surface area contributed by atoms with Gasteiger partial charge in [-0.05, 0) is 17.5 Å². The summed E-state index contributed by atoms with van der Waals surface area (Å²) in [5.41, 5.74) is 5.86. The Balaban J connectivity index is 1.51. The molecule has 4 N–H and O–H groups in total. The molecule has 122 valence electrons. The third-order valence-corrected chi connectivity index (χ3v) is 4.17. The number of rotatable bonds is 4. The SMILES string of the molecule is O=C(CNC(=O)c1cccs1)NNC(=O)c1c[nH]c2ccccc12. The lowest BCUT2D eigenvalue weighted by molar-refractivity contribution is -0.120. The van der Waals surface area contributed by atoms with Crippen LogP contribution in [0.1, 0.15) is 20.0 Å². The number of carbonyl (C=O) groups excluding carboxylic acids is 3. The van der Waals surface area contributed by atoms with Gasteiger partial charge in [-0.15, -0.1) is 11.3 Å². The molecule has 2 heterocycles. The van der Waals surface area contributed by atoms with Crippen molar-refractivity contribution in [2.75, 3.05) is 6.54 Å². The first-order valence-corrected chi connectivity index (χ1v) is 8.00. The zero-order chi connectivity index (χ0) is 16.9. The monoisotopic (exact) mass is 342 g/mol. The minimum Gasteiger partial charge on any atom is -0.360 e. The largest absolute Gasteiger partial charge is 0.360 e. The molecule has 0 saturated carbocycles. The van der Waals surface area contributed by atoms with Crippen molar-refractivity contribution in [3.63, 3.8) is 0 Å². The number of benzene rings is 1. The Morgan fingerprint density at radius 2 is 1.83 bits per heavy atom. The number of carbonyl (C=O) groups is 3. The Hall–Kier alpha value is -3.13. The van der Waals surface area contributed by atoms with Gasteiger partial charge in [0.05, 0.1) is 17.0 Å². The fraction of sp³-hybridized carbons (Fsp3) is 0.0625. The van der Waals surface area contributed by atoms with Crippen molar-refractivity contribution in [1.29, 1.82) is 0 Å².